The Labute approximate surface area is 159 Å². The molecule has 0 unspecified atom stereocenters. The van der Waals surface area contributed by atoms with Crippen LogP contribution in [-0.4, -0.2) is 43.1 Å². The lowest BCUT2D eigenvalue weighted by atomic mass is 9.63. The second kappa shape index (κ2) is 11.8. The predicted octanol–water partition coefficient (Wildman–Crippen LogP) is 4.59. The minimum atomic E-state index is -3.20. The first-order valence-corrected chi connectivity index (χ1v) is 12.0. The van der Waals surface area contributed by atoms with E-state index in [1.54, 1.807) is 0 Å². The highest BCUT2D eigenvalue weighted by Gasteiger charge is 2.34. The van der Waals surface area contributed by atoms with E-state index in [0.717, 1.165) is 25.7 Å². The van der Waals surface area contributed by atoms with Crippen molar-refractivity contribution in [1.29, 1.82) is 0 Å². The van der Waals surface area contributed by atoms with Crippen LogP contribution in [0.25, 0.3) is 0 Å². The Bertz CT molecular complexity index is 538. The molecule has 0 aromatic carbocycles. The number of aliphatic carboxylic acids is 1. The maximum Gasteiger partial charge on any atom is 0.303 e. The van der Waals surface area contributed by atoms with Gasteiger partial charge in [-0.15, -0.1) is 0 Å². The van der Waals surface area contributed by atoms with Crippen molar-refractivity contribution in [2.24, 2.45) is 5.41 Å². The number of sulfonamides is 1. The first kappa shape index (κ1) is 23.2. The van der Waals surface area contributed by atoms with Gasteiger partial charge in [-0.3, -0.25) is 4.79 Å². The standard InChI is InChI=1S/C20H37NO4S/c1-3-13-20(15-11-16-20)14-8-6-10-18-21(26(2,24)25)17-9-5-4-7-12-19(22)23/h6,10H,3-5,7-9,11-18H2,1-2H3,(H,22,23)/b10-6+. The number of rotatable bonds is 15. The van der Waals surface area contributed by atoms with Gasteiger partial charge in [-0.1, -0.05) is 44.8 Å². The maximum atomic E-state index is 11.9. The number of allylic oxidation sites excluding steroid dienone is 1. The molecule has 152 valence electrons. The zero-order chi connectivity index (χ0) is 19.5. The first-order chi connectivity index (χ1) is 12.3. The zero-order valence-corrected chi connectivity index (χ0v) is 17.4. The van der Waals surface area contributed by atoms with E-state index in [4.69, 9.17) is 5.11 Å². The van der Waals surface area contributed by atoms with E-state index in [-0.39, 0.29) is 6.42 Å². The molecule has 0 amide bonds. The molecule has 26 heavy (non-hydrogen) atoms. The highest BCUT2D eigenvalue weighted by molar-refractivity contribution is 7.88. The molecule has 0 heterocycles. The average molecular weight is 388 g/mol. The third kappa shape index (κ3) is 9.17. The fraction of sp³-hybridized carbons (Fsp3) is 0.850. The molecule has 0 aliphatic heterocycles. The molecule has 1 saturated carbocycles. The lowest BCUT2D eigenvalue weighted by Gasteiger charge is -2.42. The van der Waals surface area contributed by atoms with Gasteiger partial charge in [0.15, 0.2) is 0 Å². The van der Waals surface area contributed by atoms with Crippen molar-refractivity contribution in [2.45, 2.75) is 84.0 Å². The molecule has 0 bridgehead atoms. The highest BCUT2D eigenvalue weighted by atomic mass is 32.2. The summed E-state index contributed by atoms with van der Waals surface area (Å²) in [4.78, 5) is 10.5. The van der Waals surface area contributed by atoms with Crippen LogP contribution >= 0.6 is 0 Å². The molecule has 0 aromatic heterocycles. The van der Waals surface area contributed by atoms with Gasteiger partial charge < -0.3 is 5.11 Å². The first-order valence-electron chi connectivity index (χ1n) is 10.1. The fourth-order valence-corrected chi connectivity index (χ4v) is 4.66. The predicted molar refractivity (Wildman–Crippen MR) is 107 cm³/mol. The summed E-state index contributed by atoms with van der Waals surface area (Å²) in [6.45, 7) is 3.20. The summed E-state index contributed by atoms with van der Waals surface area (Å²) in [6.07, 6.45) is 17.6. The Morgan fingerprint density at radius 2 is 1.81 bits per heavy atom. The quantitative estimate of drug-likeness (QED) is 0.329. The summed E-state index contributed by atoms with van der Waals surface area (Å²) >= 11 is 0. The lowest BCUT2D eigenvalue weighted by Crippen LogP contribution is -2.31. The lowest BCUT2D eigenvalue weighted by molar-refractivity contribution is -0.137. The van der Waals surface area contributed by atoms with Gasteiger partial charge in [0.2, 0.25) is 10.0 Å². The SMILES string of the molecule is CCCC1(CC/C=C/CN(CCCCCCC(=O)O)S(C)(=O)=O)CCC1. The molecule has 0 aromatic rings. The molecular formula is C20H37NO4S. The van der Waals surface area contributed by atoms with Crippen LogP contribution in [0, 0.1) is 5.41 Å². The molecule has 1 aliphatic carbocycles. The number of carboxylic acids is 1. The summed E-state index contributed by atoms with van der Waals surface area (Å²) in [5.74, 6) is -0.768. The zero-order valence-electron chi connectivity index (χ0n) is 16.6. The third-order valence-corrected chi connectivity index (χ3v) is 6.80. The van der Waals surface area contributed by atoms with Gasteiger partial charge in [0.25, 0.3) is 0 Å². The van der Waals surface area contributed by atoms with Crippen molar-refractivity contribution < 1.29 is 18.3 Å². The van der Waals surface area contributed by atoms with Crippen molar-refractivity contribution in [3.8, 4) is 0 Å². The number of carboxylic acid groups (broad SMARTS) is 1. The summed E-state index contributed by atoms with van der Waals surface area (Å²) in [5, 5.41) is 8.61. The van der Waals surface area contributed by atoms with Crippen molar-refractivity contribution >= 4 is 16.0 Å². The van der Waals surface area contributed by atoms with Gasteiger partial charge in [0.1, 0.15) is 0 Å². The highest BCUT2D eigenvalue weighted by Crippen LogP contribution is 2.48. The van der Waals surface area contributed by atoms with Crippen LogP contribution in [-0.2, 0) is 14.8 Å². The molecule has 0 spiro atoms. The van der Waals surface area contributed by atoms with Crippen molar-refractivity contribution in [3.63, 3.8) is 0 Å². The Morgan fingerprint density at radius 3 is 2.35 bits per heavy atom. The van der Waals surface area contributed by atoms with E-state index in [0.29, 0.717) is 24.9 Å². The molecule has 1 aliphatic rings. The van der Waals surface area contributed by atoms with E-state index >= 15 is 0 Å². The molecule has 1 fully saturated rings. The number of hydrogen-bond donors (Lipinski definition) is 1. The fourth-order valence-electron chi connectivity index (χ4n) is 3.84. The van der Waals surface area contributed by atoms with Crippen LogP contribution < -0.4 is 0 Å². The van der Waals surface area contributed by atoms with Gasteiger partial charge in [-0.25, -0.2) is 8.42 Å². The van der Waals surface area contributed by atoms with Crippen molar-refractivity contribution in [3.05, 3.63) is 12.2 Å². The Kier molecular flexibility index (Phi) is 10.5. The van der Waals surface area contributed by atoms with Gasteiger partial charge in [0, 0.05) is 19.5 Å². The monoisotopic (exact) mass is 387 g/mol. The maximum absolute atomic E-state index is 11.9. The minimum Gasteiger partial charge on any atom is -0.481 e. The van der Waals surface area contributed by atoms with E-state index in [2.05, 4.69) is 13.0 Å². The number of carbonyl (C=O) groups is 1. The van der Waals surface area contributed by atoms with Crippen LogP contribution in [0.1, 0.15) is 84.0 Å². The van der Waals surface area contributed by atoms with E-state index in [1.807, 2.05) is 6.08 Å². The molecule has 6 heteroatoms. The molecule has 1 rings (SSSR count). The second-order valence-electron chi connectivity index (χ2n) is 7.79. The van der Waals surface area contributed by atoms with Gasteiger partial charge in [0.05, 0.1) is 6.26 Å². The molecular weight excluding hydrogens is 350 g/mol. The Morgan fingerprint density at radius 1 is 1.12 bits per heavy atom. The summed E-state index contributed by atoms with van der Waals surface area (Å²) in [5.41, 5.74) is 0.561. The molecule has 0 radical (unpaired) electrons. The largest absolute Gasteiger partial charge is 0.481 e. The van der Waals surface area contributed by atoms with Crippen molar-refractivity contribution in [2.75, 3.05) is 19.3 Å². The summed E-state index contributed by atoms with van der Waals surface area (Å²) in [6, 6.07) is 0. The van der Waals surface area contributed by atoms with Crippen LogP contribution in [0.2, 0.25) is 0 Å². The van der Waals surface area contributed by atoms with Gasteiger partial charge >= 0.3 is 5.97 Å². The van der Waals surface area contributed by atoms with Gasteiger partial charge in [-0.05, 0) is 50.4 Å². The number of unbranched alkanes of at least 4 members (excludes halogenated alkanes) is 3. The minimum absolute atomic E-state index is 0.193. The normalized spacial score (nSPS) is 16.9. The van der Waals surface area contributed by atoms with Crippen LogP contribution in [0.3, 0.4) is 0 Å². The van der Waals surface area contributed by atoms with E-state index in [9.17, 15) is 13.2 Å². The number of hydrogen-bond acceptors (Lipinski definition) is 3. The summed E-state index contributed by atoms with van der Waals surface area (Å²) in [7, 11) is -3.20. The van der Waals surface area contributed by atoms with Crippen molar-refractivity contribution in [1.82, 2.24) is 4.31 Å². The van der Waals surface area contributed by atoms with E-state index in [1.165, 1.54) is 49.1 Å². The van der Waals surface area contributed by atoms with Crippen LogP contribution in [0.5, 0.6) is 0 Å². The van der Waals surface area contributed by atoms with Crippen LogP contribution in [0.4, 0.5) is 0 Å². The van der Waals surface area contributed by atoms with Crippen LogP contribution in [0.15, 0.2) is 12.2 Å². The Balaban J connectivity index is 2.28. The third-order valence-electron chi connectivity index (χ3n) is 5.53. The van der Waals surface area contributed by atoms with E-state index < -0.39 is 16.0 Å². The summed E-state index contributed by atoms with van der Waals surface area (Å²) < 4.78 is 25.4. The average Bonchev–Trinajstić information content (AvgIpc) is 2.51. The second-order valence-corrected chi connectivity index (χ2v) is 9.78. The molecule has 5 nitrogen and oxygen atoms in total. The smallest absolute Gasteiger partial charge is 0.303 e. The number of nitrogens with zero attached hydrogens (tertiary/aromatic N) is 1. The topological polar surface area (TPSA) is 74.7 Å². The van der Waals surface area contributed by atoms with Gasteiger partial charge in [-0.2, -0.15) is 4.31 Å². The molecule has 0 atom stereocenters. The molecule has 0 saturated heterocycles. The molecule has 1 N–H and O–H groups in total. The Hall–Kier alpha value is -0.880.